The highest BCUT2D eigenvalue weighted by atomic mass is 35.5. The van der Waals surface area contributed by atoms with Gasteiger partial charge in [0.25, 0.3) is 0 Å². The zero-order valence-electron chi connectivity index (χ0n) is 14.9. The molecule has 27 heavy (non-hydrogen) atoms. The van der Waals surface area contributed by atoms with Crippen LogP contribution in [0.5, 0.6) is 5.75 Å². The third kappa shape index (κ3) is 3.00. The van der Waals surface area contributed by atoms with Crippen molar-refractivity contribution in [2.75, 3.05) is 13.7 Å². The molecule has 0 atom stereocenters. The molecular formula is C21H17ClN2O3. The number of fused-ring (bicyclic) bond motifs is 3. The van der Waals surface area contributed by atoms with Crippen molar-refractivity contribution in [1.82, 2.24) is 9.97 Å². The van der Waals surface area contributed by atoms with Gasteiger partial charge >= 0.3 is 5.97 Å². The summed E-state index contributed by atoms with van der Waals surface area (Å²) in [7, 11) is 1.62. The van der Waals surface area contributed by atoms with E-state index in [9.17, 15) is 4.79 Å². The summed E-state index contributed by atoms with van der Waals surface area (Å²) in [6.07, 6.45) is 0. The van der Waals surface area contributed by atoms with E-state index in [1.165, 1.54) is 0 Å². The molecule has 0 radical (unpaired) electrons. The highest BCUT2D eigenvalue weighted by Gasteiger charge is 2.19. The summed E-state index contributed by atoms with van der Waals surface area (Å²) < 4.78 is 10.5. The minimum atomic E-state index is -0.468. The number of esters is 1. The van der Waals surface area contributed by atoms with Gasteiger partial charge in [0.2, 0.25) is 0 Å². The van der Waals surface area contributed by atoms with Crippen molar-refractivity contribution in [3.8, 4) is 17.0 Å². The van der Waals surface area contributed by atoms with Gasteiger partial charge in [0.15, 0.2) is 0 Å². The van der Waals surface area contributed by atoms with E-state index in [-0.39, 0.29) is 12.3 Å². The molecule has 0 aliphatic rings. The fourth-order valence-corrected chi connectivity index (χ4v) is 3.38. The minimum Gasteiger partial charge on any atom is -0.497 e. The van der Waals surface area contributed by atoms with Crippen LogP contribution in [0.15, 0.2) is 48.5 Å². The second-order valence-corrected chi connectivity index (χ2v) is 6.42. The minimum absolute atomic E-state index is 0.239. The summed E-state index contributed by atoms with van der Waals surface area (Å²) in [5.74, 6) is 0.266. The zero-order valence-corrected chi connectivity index (χ0v) is 15.6. The van der Waals surface area contributed by atoms with E-state index < -0.39 is 5.97 Å². The van der Waals surface area contributed by atoms with Gasteiger partial charge in [0, 0.05) is 21.9 Å². The normalized spacial score (nSPS) is 11.1. The van der Waals surface area contributed by atoms with Crippen LogP contribution >= 0.6 is 11.6 Å². The number of aromatic nitrogens is 2. The average molecular weight is 381 g/mol. The molecule has 0 saturated heterocycles. The number of benzene rings is 2. The quantitative estimate of drug-likeness (QED) is 0.493. The van der Waals surface area contributed by atoms with Gasteiger partial charge in [-0.25, -0.2) is 9.78 Å². The Bertz CT molecular complexity index is 1170. The Hall–Kier alpha value is -3.05. The molecule has 0 aliphatic heterocycles. The maximum atomic E-state index is 12.4. The molecule has 136 valence electrons. The Morgan fingerprint density at radius 3 is 2.70 bits per heavy atom. The van der Waals surface area contributed by atoms with Crippen LogP contribution < -0.4 is 4.74 Å². The van der Waals surface area contributed by atoms with Gasteiger partial charge in [-0.05, 0) is 37.3 Å². The van der Waals surface area contributed by atoms with Gasteiger partial charge in [-0.2, -0.15) is 0 Å². The predicted molar refractivity (Wildman–Crippen MR) is 107 cm³/mol. The first-order chi connectivity index (χ1) is 13.1. The summed E-state index contributed by atoms with van der Waals surface area (Å²) in [4.78, 5) is 20.3. The molecule has 0 amide bonds. The maximum absolute atomic E-state index is 12.4. The number of pyridine rings is 1. The first-order valence-electron chi connectivity index (χ1n) is 8.55. The third-order valence-corrected chi connectivity index (χ3v) is 4.74. The lowest BCUT2D eigenvalue weighted by molar-refractivity contribution is 0.0520. The van der Waals surface area contributed by atoms with Crippen molar-refractivity contribution in [3.05, 3.63) is 59.2 Å². The van der Waals surface area contributed by atoms with Crippen LogP contribution in [0.1, 0.15) is 17.4 Å². The van der Waals surface area contributed by atoms with Crippen LogP contribution in [0, 0.1) is 0 Å². The molecule has 2 heterocycles. The smallest absolute Gasteiger partial charge is 0.356 e. The molecule has 4 rings (SSSR count). The summed E-state index contributed by atoms with van der Waals surface area (Å²) in [6.45, 7) is 2.05. The molecule has 6 heteroatoms. The number of rotatable bonds is 4. The SMILES string of the molecule is CCOC(=O)c1cc2c([nH]c3ccc(OC)cc32)c(-c2ccccc2Cl)n1. The summed E-state index contributed by atoms with van der Waals surface area (Å²) in [6, 6.07) is 14.9. The molecule has 4 aromatic rings. The predicted octanol–water partition coefficient (Wildman–Crippen LogP) is 5.22. The molecule has 0 fully saturated rings. The first-order valence-corrected chi connectivity index (χ1v) is 8.92. The largest absolute Gasteiger partial charge is 0.497 e. The Kier molecular flexibility index (Phi) is 4.46. The molecule has 0 aliphatic carbocycles. The maximum Gasteiger partial charge on any atom is 0.356 e. The summed E-state index contributed by atoms with van der Waals surface area (Å²) >= 11 is 6.41. The van der Waals surface area contributed by atoms with Crippen LogP contribution in [-0.2, 0) is 4.74 Å². The van der Waals surface area contributed by atoms with Gasteiger partial charge < -0.3 is 14.5 Å². The van der Waals surface area contributed by atoms with Crippen LogP contribution in [0.3, 0.4) is 0 Å². The van der Waals surface area contributed by atoms with Gasteiger partial charge in [-0.3, -0.25) is 0 Å². The number of ether oxygens (including phenoxy) is 2. The van der Waals surface area contributed by atoms with E-state index in [1.807, 2.05) is 36.4 Å². The number of methoxy groups -OCH3 is 1. The van der Waals surface area contributed by atoms with E-state index in [4.69, 9.17) is 21.1 Å². The molecule has 0 spiro atoms. The fourth-order valence-electron chi connectivity index (χ4n) is 3.16. The molecule has 0 bridgehead atoms. The van der Waals surface area contributed by atoms with E-state index in [1.54, 1.807) is 26.2 Å². The van der Waals surface area contributed by atoms with Crippen LogP contribution in [0.2, 0.25) is 5.02 Å². The van der Waals surface area contributed by atoms with E-state index in [2.05, 4.69) is 9.97 Å². The second-order valence-electron chi connectivity index (χ2n) is 6.02. The van der Waals surface area contributed by atoms with E-state index in [0.717, 1.165) is 33.1 Å². The number of aromatic amines is 1. The van der Waals surface area contributed by atoms with Crippen molar-refractivity contribution in [2.45, 2.75) is 6.92 Å². The average Bonchev–Trinajstić information content (AvgIpc) is 3.05. The molecular weight excluding hydrogens is 364 g/mol. The van der Waals surface area contributed by atoms with Crippen molar-refractivity contribution >= 4 is 39.4 Å². The van der Waals surface area contributed by atoms with Crippen LogP contribution in [0.25, 0.3) is 33.1 Å². The number of carbonyl (C=O) groups excluding carboxylic acids is 1. The van der Waals surface area contributed by atoms with Crippen molar-refractivity contribution in [2.24, 2.45) is 0 Å². The summed E-state index contributed by atoms with van der Waals surface area (Å²) in [5.41, 5.74) is 3.31. The number of hydrogen-bond acceptors (Lipinski definition) is 4. The van der Waals surface area contributed by atoms with Crippen molar-refractivity contribution in [3.63, 3.8) is 0 Å². The number of hydrogen-bond donors (Lipinski definition) is 1. The highest BCUT2D eigenvalue weighted by molar-refractivity contribution is 6.33. The van der Waals surface area contributed by atoms with Crippen molar-refractivity contribution < 1.29 is 14.3 Å². The van der Waals surface area contributed by atoms with E-state index in [0.29, 0.717) is 10.7 Å². The molecule has 2 aromatic heterocycles. The topological polar surface area (TPSA) is 64.2 Å². The number of halogens is 1. The zero-order chi connectivity index (χ0) is 19.0. The Morgan fingerprint density at radius 1 is 1.15 bits per heavy atom. The van der Waals surface area contributed by atoms with E-state index >= 15 is 0 Å². The Labute approximate surface area is 160 Å². The summed E-state index contributed by atoms with van der Waals surface area (Å²) in [5, 5.41) is 2.35. The highest BCUT2D eigenvalue weighted by Crippen LogP contribution is 2.36. The van der Waals surface area contributed by atoms with Gasteiger partial charge in [0.05, 0.1) is 29.9 Å². The molecule has 0 saturated carbocycles. The number of nitrogens with zero attached hydrogens (tertiary/aromatic N) is 1. The lowest BCUT2D eigenvalue weighted by Gasteiger charge is -2.08. The second kappa shape index (κ2) is 6.93. The molecule has 5 nitrogen and oxygen atoms in total. The number of carbonyl (C=O) groups is 1. The van der Waals surface area contributed by atoms with Crippen LogP contribution in [-0.4, -0.2) is 29.7 Å². The van der Waals surface area contributed by atoms with Crippen LogP contribution in [0.4, 0.5) is 0 Å². The van der Waals surface area contributed by atoms with Gasteiger partial charge in [0.1, 0.15) is 11.4 Å². The monoisotopic (exact) mass is 380 g/mol. The molecule has 0 unspecified atom stereocenters. The first kappa shape index (κ1) is 17.4. The Morgan fingerprint density at radius 2 is 1.96 bits per heavy atom. The van der Waals surface area contributed by atoms with Gasteiger partial charge in [-0.15, -0.1) is 0 Å². The lowest BCUT2D eigenvalue weighted by Crippen LogP contribution is -2.07. The van der Waals surface area contributed by atoms with Gasteiger partial charge in [-0.1, -0.05) is 29.8 Å². The standard InChI is InChI=1S/C21H17ClN2O3/c1-3-27-21(25)18-11-15-14-10-12(26-2)8-9-17(14)23-20(15)19(24-18)13-6-4-5-7-16(13)22/h4-11,23H,3H2,1-2H3. The fraction of sp³-hybridized carbons (Fsp3) is 0.143. The number of nitrogens with one attached hydrogen (secondary N) is 1. The lowest BCUT2D eigenvalue weighted by atomic mass is 10.1. The number of H-pyrrole nitrogens is 1. The van der Waals surface area contributed by atoms with Crippen molar-refractivity contribution in [1.29, 1.82) is 0 Å². The Balaban J connectivity index is 2.08. The third-order valence-electron chi connectivity index (χ3n) is 4.41. The molecule has 2 aromatic carbocycles. The molecule has 1 N–H and O–H groups in total.